The standard InChI is InChI=1S/C24H32N6O3/c1-16-15-19(28-27-16)24(33)30-13-11-29(12-14-30)20-10-6-5-9-18(20)23(32)26-21(22(25)31)17-7-3-2-4-8-17/h2-4,7-8,15,18,20-21H,5-6,9-14H2,1H3,(H2,25,31)(H,26,32)(H,27,28)/t18-,20-,21+/m1/s1. The number of aromatic amines is 1. The number of piperazine rings is 1. The largest absolute Gasteiger partial charge is 0.368 e. The number of aromatic nitrogens is 2. The topological polar surface area (TPSA) is 124 Å². The minimum absolute atomic E-state index is 0.0656. The molecule has 4 N–H and O–H groups in total. The molecule has 2 aliphatic rings. The number of nitrogens with one attached hydrogen (secondary N) is 2. The van der Waals surface area contributed by atoms with Crippen LogP contribution in [0.3, 0.4) is 0 Å². The Labute approximate surface area is 193 Å². The third-order valence-electron chi connectivity index (χ3n) is 6.77. The zero-order valence-corrected chi connectivity index (χ0v) is 19.0. The molecule has 1 saturated carbocycles. The van der Waals surface area contributed by atoms with Crippen molar-refractivity contribution in [2.75, 3.05) is 26.2 Å². The summed E-state index contributed by atoms with van der Waals surface area (Å²) in [6, 6.07) is 10.1. The molecule has 0 radical (unpaired) electrons. The highest BCUT2D eigenvalue weighted by Crippen LogP contribution is 2.30. The summed E-state index contributed by atoms with van der Waals surface area (Å²) in [5.41, 5.74) is 7.59. The third-order valence-corrected chi connectivity index (χ3v) is 6.77. The van der Waals surface area contributed by atoms with Crippen molar-refractivity contribution in [3.63, 3.8) is 0 Å². The fraction of sp³-hybridized carbons (Fsp3) is 0.500. The highest BCUT2D eigenvalue weighted by Gasteiger charge is 2.38. The van der Waals surface area contributed by atoms with Gasteiger partial charge in [0.1, 0.15) is 11.7 Å². The molecule has 4 rings (SSSR count). The molecule has 1 aliphatic heterocycles. The summed E-state index contributed by atoms with van der Waals surface area (Å²) in [6.07, 6.45) is 3.76. The second-order valence-corrected chi connectivity index (χ2v) is 8.98. The Bertz CT molecular complexity index is 983. The minimum Gasteiger partial charge on any atom is -0.368 e. The summed E-state index contributed by atoms with van der Waals surface area (Å²) in [4.78, 5) is 42.2. The number of carbonyl (C=O) groups excluding carboxylic acids is 3. The van der Waals surface area contributed by atoms with E-state index in [-0.39, 0.29) is 23.8 Å². The highest BCUT2D eigenvalue weighted by atomic mass is 16.2. The van der Waals surface area contributed by atoms with Gasteiger partial charge >= 0.3 is 0 Å². The Morgan fingerprint density at radius 2 is 1.79 bits per heavy atom. The van der Waals surface area contributed by atoms with E-state index in [1.807, 2.05) is 30.0 Å². The highest BCUT2D eigenvalue weighted by molar-refractivity contribution is 5.92. The van der Waals surface area contributed by atoms with Gasteiger partial charge in [-0.2, -0.15) is 5.10 Å². The molecule has 0 spiro atoms. The lowest BCUT2D eigenvalue weighted by Gasteiger charge is -2.43. The number of benzene rings is 1. The van der Waals surface area contributed by atoms with Crippen molar-refractivity contribution >= 4 is 17.7 Å². The van der Waals surface area contributed by atoms with Crippen LogP contribution in [0.1, 0.15) is 53.5 Å². The van der Waals surface area contributed by atoms with Gasteiger partial charge in [-0.05, 0) is 31.4 Å². The Morgan fingerprint density at radius 3 is 2.42 bits per heavy atom. The van der Waals surface area contributed by atoms with Gasteiger partial charge in [-0.15, -0.1) is 0 Å². The lowest BCUT2D eigenvalue weighted by atomic mass is 9.82. The summed E-state index contributed by atoms with van der Waals surface area (Å²) in [6.45, 7) is 4.49. The monoisotopic (exact) mass is 452 g/mol. The molecule has 2 aromatic rings. The maximum atomic E-state index is 13.3. The Kier molecular flexibility index (Phi) is 7.08. The van der Waals surface area contributed by atoms with Crippen molar-refractivity contribution in [2.24, 2.45) is 11.7 Å². The van der Waals surface area contributed by atoms with Gasteiger partial charge in [0.2, 0.25) is 11.8 Å². The fourth-order valence-corrected chi connectivity index (χ4v) is 5.01. The summed E-state index contributed by atoms with van der Waals surface area (Å²) in [5, 5.41) is 9.80. The summed E-state index contributed by atoms with van der Waals surface area (Å²) < 4.78 is 0. The predicted molar refractivity (Wildman–Crippen MR) is 123 cm³/mol. The molecule has 0 unspecified atom stereocenters. The van der Waals surface area contributed by atoms with Crippen LogP contribution >= 0.6 is 0 Å². The van der Waals surface area contributed by atoms with E-state index in [1.54, 1.807) is 18.2 Å². The van der Waals surface area contributed by atoms with E-state index in [4.69, 9.17) is 5.73 Å². The van der Waals surface area contributed by atoms with Gasteiger partial charge < -0.3 is 16.0 Å². The molecule has 176 valence electrons. The second kappa shape index (κ2) is 10.2. The number of nitrogens with two attached hydrogens (primary N) is 1. The molecule has 33 heavy (non-hydrogen) atoms. The van der Waals surface area contributed by atoms with Crippen LogP contribution in [0, 0.1) is 12.8 Å². The van der Waals surface area contributed by atoms with E-state index < -0.39 is 11.9 Å². The first kappa shape index (κ1) is 23.0. The van der Waals surface area contributed by atoms with Crippen molar-refractivity contribution in [2.45, 2.75) is 44.7 Å². The molecule has 3 atom stereocenters. The molecular formula is C24H32N6O3. The number of aryl methyl sites for hydroxylation is 1. The number of nitrogens with zero attached hydrogens (tertiary/aromatic N) is 3. The number of hydrogen-bond acceptors (Lipinski definition) is 5. The van der Waals surface area contributed by atoms with Crippen molar-refractivity contribution < 1.29 is 14.4 Å². The first-order valence-corrected chi connectivity index (χ1v) is 11.6. The maximum Gasteiger partial charge on any atom is 0.274 e. The van der Waals surface area contributed by atoms with E-state index in [2.05, 4.69) is 20.4 Å². The summed E-state index contributed by atoms with van der Waals surface area (Å²) in [5.74, 6) is -0.967. The summed E-state index contributed by atoms with van der Waals surface area (Å²) >= 11 is 0. The molecule has 9 nitrogen and oxygen atoms in total. The van der Waals surface area contributed by atoms with E-state index in [9.17, 15) is 14.4 Å². The number of carbonyl (C=O) groups is 3. The van der Waals surface area contributed by atoms with Crippen molar-refractivity contribution in [1.29, 1.82) is 0 Å². The van der Waals surface area contributed by atoms with E-state index >= 15 is 0 Å². The van der Waals surface area contributed by atoms with Gasteiger partial charge in [-0.25, -0.2) is 0 Å². The van der Waals surface area contributed by atoms with E-state index in [1.165, 1.54) is 0 Å². The zero-order chi connectivity index (χ0) is 23.4. The SMILES string of the molecule is Cc1cc(C(=O)N2CCN([C@@H]3CCCC[C@H]3C(=O)N[C@H](C(N)=O)c3ccccc3)CC2)n[nH]1. The lowest BCUT2D eigenvalue weighted by molar-refractivity contribution is -0.133. The number of hydrogen-bond donors (Lipinski definition) is 3. The van der Waals surface area contributed by atoms with Crippen molar-refractivity contribution in [1.82, 2.24) is 25.3 Å². The van der Waals surface area contributed by atoms with Crippen LogP contribution in [-0.2, 0) is 9.59 Å². The first-order valence-electron chi connectivity index (χ1n) is 11.6. The van der Waals surface area contributed by atoms with Gasteiger partial charge in [-0.3, -0.25) is 24.4 Å². The molecule has 1 aromatic heterocycles. The van der Waals surface area contributed by atoms with Crippen LogP contribution in [-0.4, -0.2) is 69.9 Å². The molecule has 1 aromatic carbocycles. The second-order valence-electron chi connectivity index (χ2n) is 8.98. The molecule has 0 bridgehead atoms. The smallest absolute Gasteiger partial charge is 0.274 e. The van der Waals surface area contributed by atoms with E-state index in [0.29, 0.717) is 37.4 Å². The van der Waals surface area contributed by atoms with Crippen LogP contribution in [0.5, 0.6) is 0 Å². The minimum atomic E-state index is -0.840. The summed E-state index contributed by atoms with van der Waals surface area (Å²) in [7, 11) is 0. The van der Waals surface area contributed by atoms with Gasteiger partial charge in [0.15, 0.2) is 0 Å². The van der Waals surface area contributed by atoms with Crippen LogP contribution in [0.15, 0.2) is 36.4 Å². The Balaban J connectivity index is 1.39. The zero-order valence-electron chi connectivity index (χ0n) is 19.0. The number of amides is 3. The fourth-order valence-electron chi connectivity index (χ4n) is 5.01. The van der Waals surface area contributed by atoms with Crippen molar-refractivity contribution in [3.8, 4) is 0 Å². The average Bonchev–Trinajstić information content (AvgIpc) is 3.28. The van der Waals surface area contributed by atoms with Crippen LogP contribution in [0.25, 0.3) is 0 Å². The van der Waals surface area contributed by atoms with Crippen molar-refractivity contribution in [3.05, 3.63) is 53.3 Å². The molecule has 1 aliphatic carbocycles. The third kappa shape index (κ3) is 5.24. The lowest BCUT2D eigenvalue weighted by Crippen LogP contribution is -2.56. The normalized spacial score (nSPS) is 22.5. The average molecular weight is 453 g/mol. The molecule has 1 saturated heterocycles. The molecule has 2 heterocycles. The number of H-pyrrole nitrogens is 1. The van der Waals surface area contributed by atoms with Crippen LogP contribution in [0.4, 0.5) is 0 Å². The molecule has 3 amide bonds. The Hall–Kier alpha value is -3.20. The van der Waals surface area contributed by atoms with Gasteiger partial charge in [0.05, 0.1) is 5.92 Å². The van der Waals surface area contributed by atoms with E-state index in [0.717, 1.165) is 31.4 Å². The Morgan fingerprint density at radius 1 is 1.09 bits per heavy atom. The van der Waals surface area contributed by atoms with Crippen LogP contribution in [0.2, 0.25) is 0 Å². The first-order chi connectivity index (χ1) is 15.9. The quantitative estimate of drug-likeness (QED) is 0.611. The molecule has 2 fully saturated rings. The maximum absolute atomic E-state index is 13.3. The number of primary amides is 1. The van der Waals surface area contributed by atoms with Gasteiger partial charge in [-0.1, -0.05) is 43.2 Å². The van der Waals surface area contributed by atoms with Gasteiger partial charge in [0, 0.05) is 37.9 Å². The number of rotatable bonds is 6. The predicted octanol–water partition coefficient (Wildman–Crippen LogP) is 1.38. The van der Waals surface area contributed by atoms with Crippen LogP contribution < -0.4 is 11.1 Å². The molecular weight excluding hydrogens is 420 g/mol. The molecule has 9 heteroatoms. The van der Waals surface area contributed by atoms with Gasteiger partial charge in [0.25, 0.3) is 5.91 Å².